The Morgan fingerprint density at radius 1 is 1.00 bits per heavy atom. The van der Waals surface area contributed by atoms with Crippen LogP contribution in [0.3, 0.4) is 0 Å². The van der Waals surface area contributed by atoms with Crippen LogP contribution in [0.2, 0.25) is 0 Å². The van der Waals surface area contributed by atoms with Crippen molar-refractivity contribution < 1.29 is 13.2 Å². The summed E-state index contributed by atoms with van der Waals surface area (Å²) in [6.07, 6.45) is 4.06. The maximum absolute atomic E-state index is 12.6. The molecule has 3 aromatic rings. The molecule has 5 nitrogen and oxygen atoms in total. The quantitative estimate of drug-likeness (QED) is 0.492. The summed E-state index contributed by atoms with van der Waals surface area (Å²) in [5, 5.41) is 3.59. The van der Waals surface area contributed by atoms with Crippen LogP contribution in [0, 0.1) is 0 Å². The smallest absolute Gasteiger partial charge is 0.261 e. The highest BCUT2D eigenvalue weighted by Crippen LogP contribution is 2.31. The first-order chi connectivity index (χ1) is 15.5. The Morgan fingerprint density at radius 3 is 2.47 bits per heavy atom. The monoisotopic (exact) mass is 450 g/mol. The van der Waals surface area contributed by atoms with Crippen molar-refractivity contribution >= 4 is 15.7 Å². The van der Waals surface area contributed by atoms with Crippen LogP contribution in [0.25, 0.3) is 0 Å². The highest BCUT2D eigenvalue weighted by atomic mass is 32.2. The molecule has 0 radical (unpaired) electrons. The van der Waals surface area contributed by atoms with Crippen molar-refractivity contribution in [2.75, 3.05) is 11.3 Å². The average Bonchev–Trinajstić information content (AvgIpc) is 2.82. The Balaban J connectivity index is 1.32. The van der Waals surface area contributed by atoms with Gasteiger partial charge in [-0.25, -0.2) is 8.42 Å². The summed E-state index contributed by atoms with van der Waals surface area (Å²) < 4.78 is 34.1. The van der Waals surface area contributed by atoms with Crippen molar-refractivity contribution in [2.45, 2.75) is 49.6 Å². The topological polar surface area (TPSA) is 67.4 Å². The summed E-state index contributed by atoms with van der Waals surface area (Å²) in [4.78, 5) is 0.241. The maximum Gasteiger partial charge on any atom is 0.261 e. The van der Waals surface area contributed by atoms with E-state index in [4.69, 9.17) is 4.74 Å². The van der Waals surface area contributed by atoms with Gasteiger partial charge < -0.3 is 10.1 Å². The van der Waals surface area contributed by atoms with Crippen LogP contribution in [-0.2, 0) is 22.9 Å². The molecule has 2 atom stereocenters. The molecular formula is C26H30N2O3S. The standard InChI is InChI=1S/C26H30N2O3S/c1-20(12-13-21-8-4-2-5-9-21)27-19-24-17-15-22-14-16-23(18-26(22)31-24)28-32(29,30)25-10-6-3-7-11-25/h2-11,14,16,18,20,24,27-28H,12-13,15,17,19H2,1H3. The number of fused-ring (bicyclic) bond motifs is 1. The molecule has 1 aliphatic rings. The van der Waals surface area contributed by atoms with Crippen molar-refractivity contribution in [3.05, 3.63) is 90.0 Å². The Bertz CT molecular complexity index is 1120. The number of hydrogen-bond acceptors (Lipinski definition) is 4. The first-order valence-electron chi connectivity index (χ1n) is 11.1. The fourth-order valence-electron chi connectivity index (χ4n) is 3.91. The molecule has 3 aromatic carbocycles. The van der Waals surface area contributed by atoms with E-state index in [0.29, 0.717) is 11.7 Å². The zero-order valence-electron chi connectivity index (χ0n) is 18.3. The summed E-state index contributed by atoms with van der Waals surface area (Å²) in [7, 11) is -3.62. The molecule has 0 saturated carbocycles. The van der Waals surface area contributed by atoms with E-state index >= 15 is 0 Å². The number of benzene rings is 3. The second kappa shape index (κ2) is 10.2. The second-order valence-corrected chi connectivity index (χ2v) is 10.0. The Kier molecular flexibility index (Phi) is 7.12. The van der Waals surface area contributed by atoms with Gasteiger partial charge >= 0.3 is 0 Å². The van der Waals surface area contributed by atoms with Crippen LogP contribution in [-0.4, -0.2) is 27.1 Å². The molecule has 0 amide bonds. The first kappa shape index (κ1) is 22.4. The molecular weight excluding hydrogens is 420 g/mol. The molecule has 32 heavy (non-hydrogen) atoms. The van der Waals surface area contributed by atoms with Gasteiger partial charge in [0.1, 0.15) is 11.9 Å². The van der Waals surface area contributed by atoms with E-state index in [-0.39, 0.29) is 11.0 Å². The first-order valence-corrected chi connectivity index (χ1v) is 12.6. The fraction of sp³-hybridized carbons (Fsp3) is 0.308. The molecule has 0 fully saturated rings. The molecule has 1 aliphatic heterocycles. The summed E-state index contributed by atoms with van der Waals surface area (Å²) in [5.41, 5.74) is 2.98. The fourth-order valence-corrected chi connectivity index (χ4v) is 4.98. The normalized spacial score (nSPS) is 16.6. The molecule has 0 spiro atoms. The zero-order chi connectivity index (χ0) is 22.4. The van der Waals surface area contributed by atoms with Crippen LogP contribution in [0.1, 0.15) is 30.9 Å². The van der Waals surface area contributed by atoms with Gasteiger partial charge in [-0.2, -0.15) is 0 Å². The second-order valence-electron chi connectivity index (χ2n) is 8.35. The van der Waals surface area contributed by atoms with Gasteiger partial charge in [0.05, 0.1) is 10.6 Å². The van der Waals surface area contributed by atoms with Crippen LogP contribution < -0.4 is 14.8 Å². The van der Waals surface area contributed by atoms with Crippen LogP contribution in [0.5, 0.6) is 5.75 Å². The summed E-state index contributed by atoms with van der Waals surface area (Å²) in [6, 6.07) is 24.8. The van der Waals surface area contributed by atoms with E-state index in [9.17, 15) is 8.42 Å². The Labute approximate surface area is 190 Å². The van der Waals surface area contributed by atoms with Crippen molar-refractivity contribution in [1.82, 2.24) is 5.32 Å². The minimum atomic E-state index is -3.62. The minimum absolute atomic E-state index is 0.0719. The van der Waals surface area contributed by atoms with Crippen molar-refractivity contribution in [3.63, 3.8) is 0 Å². The SMILES string of the molecule is CC(CCc1ccccc1)NCC1CCc2ccc(NS(=O)(=O)c3ccccc3)cc2O1. The van der Waals surface area contributed by atoms with Gasteiger partial charge in [0, 0.05) is 18.7 Å². The highest BCUT2D eigenvalue weighted by Gasteiger charge is 2.22. The van der Waals surface area contributed by atoms with E-state index in [1.807, 2.05) is 12.1 Å². The van der Waals surface area contributed by atoms with Crippen molar-refractivity contribution in [1.29, 1.82) is 0 Å². The van der Waals surface area contributed by atoms with Gasteiger partial charge in [-0.3, -0.25) is 4.72 Å². The third-order valence-corrected chi connectivity index (χ3v) is 7.20. The summed E-state index contributed by atoms with van der Waals surface area (Å²) in [5.74, 6) is 0.758. The predicted molar refractivity (Wildman–Crippen MR) is 129 cm³/mol. The van der Waals surface area contributed by atoms with Gasteiger partial charge in [-0.1, -0.05) is 54.6 Å². The van der Waals surface area contributed by atoms with E-state index in [1.165, 1.54) is 5.56 Å². The third kappa shape index (κ3) is 5.90. The van der Waals surface area contributed by atoms with Gasteiger partial charge in [0.25, 0.3) is 10.0 Å². The number of sulfonamides is 1. The zero-order valence-corrected chi connectivity index (χ0v) is 19.1. The van der Waals surface area contributed by atoms with E-state index in [1.54, 1.807) is 42.5 Å². The van der Waals surface area contributed by atoms with Crippen LogP contribution in [0.15, 0.2) is 83.8 Å². The number of aryl methyl sites for hydroxylation is 2. The largest absolute Gasteiger partial charge is 0.489 e. The lowest BCUT2D eigenvalue weighted by atomic mass is 10.0. The molecule has 168 valence electrons. The molecule has 0 aliphatic carbocycles. The Hall–Kier alpha value is -2.83. The van der Waals surface area contributed by atoms with E-state index in [2.05, 4.69) is 41.2 Å². The van der Waals surface area contributed by atoms with Crippen LogP contribution >= 0.6 is 0 Å². The summed E-state index contributed by atoms with van der Waals surface area (Å²) in [6.45, 7) is 2.98. The third-order valence-electron chi connectivity index (χ3n) is 5.81. The Morgan fingerprint density at radius 2 is 1.72 bits per heavy atom. The lowest BCUT2D eigenvalue weighted by Crippen LogP contribution is -2.38. The van der Waals surface area contributed by atoms with Crippen molar-refractivity contribution in [2.24, 2.45) is 0 Å². The van der Waals surface area contributed by atoms with E-state index in [0.717, 1.165) is 43.5 Å². The van der Waals surface area contributed by atoms with Crippen LogP contribution in [0.4, 0.5) is 5.69 Å². The molecule has 0 aromatic heterocycles. The molecule has 2 unspecified atom stereocenters. The molecule has 2 N–H and O–H groups in total. The molecule has 0 bridgehead atoms. The van der Waals surface area contributed by atoms with Gasteiger partial charge in [0.2, 0.25) is 0 Å². The average molecular weight is 451 g/mol. The predicted octanol–water partition coefficient (Wildman–Crippen LogP) is 4.79. The van der Waals surface area contributed by atoms with Gasteiger partial charge in [0.15, 0.2) is 0 Å². The molecule has 4 rings (SSSR count). The number of hydrogen-bond donors (Lipinski definition) is 2. The minimum Gasteiger partial charge on any atom is -0.489 e. The molecule has 1 heterocycles. The lowest BCUT2D eigenvalue weighted by molar-refractivity contribution is 0.166. The van der Waals surface area contributed by atoms with Gasteiger partial charge in [-0.05, 0) is 61.9 Å². The molecule has 6 heteroatoms. The highest BCUT2D eigenvalue weighted by molar-refractivity contribution is 7.92. The number of ether oxygens (including phenoxy) is 1. The lowest BCUT2D eigenvalue weighted by Gasteiger charge is -2.28. The van der Waals surface area contributed by atoms with E-state index < -0.39 is 10.0 Å². The molecule has 0 saturated heterocycles. The number of anilines is 1. The van der Waals surface area contributed by atoms with Gasteiger partial charge in [-0.15, -0.1) is 0 Å². The summed E-state index contributed by atoms with van der Waals surface area (Å²) >= 11 is 0. The maximum atomic E-state index is 12.6. The number of rotatable bonds is 9. The van der Waals surface area contributed by atoms with Crippen molar-refractivity contribution in [3.8, 4) is 5.75 Å². The number of nitrogens with one attached hydrogen (secondary N) is 2.